The topological polar surface area (TPSA) is 96.5 Å². The van der Waals surface area contributed by atoms with E-state index in [4.69, 9.17) is 9.47 Å². The molecule has 2 aliphatic heterocycles. The second-order valence-electron chi connectivity index (χ2n) is 6.11. The van der Waals surface area contributed by atoms with Gasteiger partial charge in [0.25, 0.3) is 0 Å². The fourth-order valence-corrected chi connectivity index (χ4v) is 2.78. The van der Waals surface area contributed by atoms with E-state index in [9.17, 15) is 19.2 Å². The summed E-state index contributed by atoms with van der Waals surface area (Å²) in [6.07, 6.45) is 1.34. The van der Waals surface area contributed by atoms with E-state index in [1.807, 2.05) is 0 Å². The van der Waals surface area contributed by atoms with Crippen molar-refractivity contribution in [2.24, 2.45) is 0 Å². The molecule has 1 aromatic carbocycles. The number of rotatable bonds is 6. The molecule has 1 aromatic rings. The number of imide groups is 2. The van der Waals surface area contributed by atoms with Gasteiger partial charge in [0, 0.05) is 20.1 Å². The highest BCUT2D eigenvalue weighted by molar-refractivity contribution is 6.45. The van der Waals surface area contributed by atoms with Crippen molar-refractivity contribution in [3.63, 3.8) is 0 Å². The van der Waals surface area contributed by atoms with E-state index in [1.165, 1.54) is 11.0 Å². The van der Waals surface area contributed by atoms with Gasteiger partial charge >= 0.3 is 17.8 Å². The molecule has 142 valence electrons. The Bertz CT molecular complexity index is 821. The molecular weight excluding hydrogens is 354 g/mol. The molecule has 0 aliphatic carbocycles. The molecule has 1 fully saturated rings. The number of ether oxygens (including phenoxy) is 2. The number of fused-ring (bicyclic) bond motifs is 1. The summed E-state index contributed by atoms with van der Waals surface area (Å²) >= 11 is 0. The summed E-state index contributed by atoms with van der Waals surface area (Å²) in [5.74, 6) is -1.19. The van der Waals surface area contributed by atoms with E-state index in [0.29, 0.717) is 29.6 Å². The normalized spacial score (nSPS) is 16.0. The molecule has 9 nitrogen and oxygen atoms in total. The van der Waals surface area contributed by atoms with Gasteiger partial charge in [-0.2, -0.15) is 0 Å². The zero-order chi connectivity index (χ0) is 19.6. The van der Waals surface area contributed by atoms with Crippen LogP contribution in [0.4, 0.5) is 4.79 Å². The molecule has 0 unspecified atom stereocenters. The zero-order valence-electron chi connectivity index (χ0n) is 14.8. The van der Waals surface area contributed by atoms with Gasteiger partial charge in [-0.25, -0.2) is 9.69 Å². The van der Waals surface area contributed by atoms with Crippen molar-refractivity contribution in [2.45, 2.75) is 6.54 Å². The summed E-state index contributed by atoms with van der Waals surface area (Å²) < 4.78 is 11.0. The number of amides is 5. The standard InChI is InChI=1S/C18H19N3O6/c1-3-6-20-16(23)17(24)21(18(20)25)11-15(22)19(2)10-12-4-5-13-14(9-12)27-8-7-26-13/h3-5,9H,1,6-8,10-11H2,2H3. The molecular formula is C18H19N3O6. The van der Waals surface area contributed by atoms with Crippen LogP contribution in [0.25, 0.3) is 0 Å². The Labute approximate surface area is 155 Å². The van der Waals surface area contributed by atoms with Crippen molar-refractivity contribution < 1.29 is 28.7 Å². The first-order chi connectivity index (χ1) is 12.9. The van der Waals surface area contributed by atoms with E-state index in [0.717, 1.165) is 10.5 Å². The van der Waals surface area contributed by atoms with Crippen LogP contribution in [0.1, 0.15) is 5.56 Å². The maximum atomic E-state index is 12.4. The molecule has 9 heteroatoms. The Morgan fingerprint density at radius 1 is 1.15 bits per heavy atom. The number of hydrogen-bond acceptors (Lipinski definition) is 6. The predicted molar refractivity (Wildman–Crippen MR) is 92.9 cm³/mol. The third-order valence-electron chi connectivity index (χ3n) is 4.19. The van der Waals surface area contributed by atoms with Crippen molar-refractivity contribution in [3.05, 3.63) is 36.4 Å². The van der Waals surface area contributed by atoms with Crippen molar-refractivity contribution in [3.8, 4) is 11.5 Å². The average Bonchev–Trinajstić information content (AvgIpc) is 2.86. The maximum absolute atomic E-state index is 12.4. The lowest BCUT2D eigenvalue weighted by molar-refractivity contribution is -0.144. The van der Waals surface area contributed by atoms with Crippen LogP contribution in [0.2, 0.25) is 0 Å². The van der Waals surface area contributed by atoms with E-state index in [1.54, 1.807) is 25.2 Å². The monoisotopic (exact) mass is 373 g/mol. The van der Waals surface area contributed by atoms with Crippen molar-refractivity contribution in [1.82, 2.24) is 14.7 Å². The minimum atomic E-state index is -1.01. The summed E-state index contributed by atoms with van der Waals surface area (Å²) in [6, 6.07) is 4.53. The first-order valence-electron chi connectivity index (χ1n) is 8.33. The molecule has 0 saturated carbocycles. The molecule has 0 atom stereocenters. The van der Waals surface area contributed by atoms with Gasteiger partial charge < -0.3 is 14.4 Å². The van der Waals surface area contributed by atoms with Crippen LogP contribution in [0, 0.1) is 0 Å². The molecule has 0 N–H and O–H groups in total. The number of hydrogen-bond donors (Lipinski definition) is 0. The lowest BCUT2D eigenvalue weighted by Gasteiger charge is -2.22. The largest absolute Gasteiger partial charge is 0.486 e. The Balaban J connectivity index is 1.64. The third kappa shape index (κ3) is 3.62. The van der Waals surface area contributed by atoms with Crippen LogP contribution in [0.15, 0.2) is 30.9 Å². The highest BCUT2D eigenvalue weighted by Gasteiger charge is 2.44. The second-order valence-corrected chi connectivity index (χ2v) is 6.11. The molecule has 1 saturated heterocycles. The zero-order valence-corrected chi connectivity index (χ0v) is 14.8. The quantitative estimate of drug-likeness (QED) is 0.407. The van der Waals surface area contributed by atoms with Gasteiger partial charge in [0.1, 0.15) is 19.8 Å². The third-order valence-corrected chi connectivity index (χ3v) is 4.19. The smallest absolute Gasteiger partial charge is 0.335 e. The Hall–Kier alpha value is -3.36. The summed E-state index contributed by atoms with van der Waals surface area (Å²) in [5.41, 5.74) is 0.804. The summed E-state index contributed by atoms with van der Waals surface area (Å²) in [5, 5.41) is 0. The van der Waals surface area contributed by atoms with Gasteiger partial charge in [0.15, 0.2) is 11.5 Å². The number of carbonyl (C=O) groups excluding carboxylic acids is 4. The molecule has 0 bridgehead atoms. The minimum Gasteiger partial charge on any atom is -0.486 e. The van der Waals surface area contributed by atoms with Crippen LogP contribution in [0.3, 0.4) is 0 Å². The lowest BCUT2D eigenvalue weighted by atomic mass is 10.2. The van der Waals surface area contributed by atoms with E-state index in [-0.39, 0.29) is 13.1 Å². The first-order valence-corrected chi connectivity index (χ1v) is 8.33. The van der Waals surface area contributed by atoms with Gasteiger partial charge in [0.2, 0.25) is 5.91 Å². The highest BCUT2D eigenvalue weighted by Crippen LogP contribution is 2.31. The molecule has 27 heavy (non-hydrogen) atoms. The first kappa shape index (κ1) is 18.4. The molecule has 0 radical (unpaired) electrons. The summed E-state index contributed by atoms with van der Waals surface area (Å²) in [7, 11) is 1.55. The number of carbonyl (C=O) groups is 4. The van der Waals surface area contributed by atoms with E-state index in [2.05, 4.69) is 6.58 Å². The average molecular weight is 373 g/mol. The van der Waals surface area contributed by atoms with Crippen molar-refractivity contribution in [1.29, 1.82) is 0 Å². The Kier molecular flexibility index (Phi) is 5.11. The van der Waals surface area contributed by atoms with Crippen LogP contribution in [-0.2, 0) is 20.9 Å². The SMILES string of the molecule is C=CCN1C(=O)C(=O)N(CC(=O)N(C)Cc2ccc3c(c2)OCCO3)C1=O. The highest BCUT2D eigenvalue weighted by atomic mass is 16.6. The lowest BCUT2D eigenvalue weighted by Crippen LogP contribution is -2.42. The molecule has 0 aromatic heterocycles. The van der Waals surface area contributed by atoms with Crippen LogP contribution in [0.5, 0.6) is 11.5 Å². The number of nitrogens with zero attached hydrogens (tertiary/aromatic N) is 3. The molecule has 5 amide bonds. The molecule has 3 rings (SSSR count). The van der Waals surface area contributed by atoms with Crippen LogP contribution < -0.4 is 9.47 Å². The van der Waals surface area contributed by atoms with Crippen LogP contribution >= 0.6 is 0 Å². The molecule has 0 spiro atoms. The van der Waals surface area contributed by atoms with E-state index < -0.39 is 30.3 Å². The van der Waals surface area contributed by atoms with Gasteiger partial charge in [-0.05, 0) is 17.7 Å². The summed E-state index contributed by atoms with van der Waals surface area (Å²) in [4.78, 5) is 51.1. The minimum absolute atomic E-state index is 0.0822. The predicted octanol–water partition coefficient (Wildman–Crippen LogP) is 0.393. The number of likely N-dealkylation sites (N-methyl/N-ethyl adjacent to an activating group) is 1. The van der Waals surface area contributed by atoms with Gasteiger partial charge in [-0.3, -0.25) is 19.3 Å². The van der Waals surface area contributed by atoms with Gasteiger partial charge in [-0.1, -0.05) is 12.1 Å². The van der Waals surface area contributed by atoms with Gasteiger partial charge in [-0.15, -0.1) is 6.58 Å². The Morgan fingerprint density at radius 2 is 1.81 bits per heavy atom. The number of urea groups is 1. The van der Waals surface area contributed by atoms with Gasteiger partial charge in [0.05, 0.1) is 0 Å². The summed E-state index contributed by atoms with van der Waals surface area (Å²) in [6.45, 7) is 4.05. The fraction of sp³-hybridized carbons (Fsp3) is 0.333. The fourth-order valence-electron chi connectivity index (χ4n) is 2.78. The van der Waals surface area contributed by atoms with Crippen molar-refractivity contribution >= 4 is 23.8 Å². The number of benzene rings is 1. The molecule has 2 aliphatic rings. The Morgan fingerprint density at radius 3 is 2.52 bits per heavy atom. The van der Waals surface area contributed by atoms with E-state index >= 15 is 0 Å². The van der Waals surface area contributed by atoms with Crippen molar-refractivity contribution in [2.75, 3.05) is 33.4 Å². The molecule has 2 heterocycles. The van der Waals surface area contributed by atoms with Crippen LogP contribution in [-0.4, -0.2) is 71.8 Å². The maximum Gasteiger partial charge on any atom is 0.335 e. The second kappa shape index (κ2) is 7.48.